The van der Waals surface area contributed by atoms with Crippen LogP contribution in [0, 0.1) is 20.8 Å². The van der Waals surface area contributed by atoms with E-state index in [2.05, 4.69) is 5.32 Å². The number of hydrogen-bond acceptors (Lipinski definition) is 3. The first-order valence-corrected chi connectivity index (χ1v) is 11.7. The Labute approximate surface area is 188 Å². The maximum Gasteiger partial charge on any atom is 0.264 e. The summed E-state index contributed by atoms with van der Waals surface area (Å²) in [4.78, 5) is 12.9. The molecule has 5 nitrogen and oxygen atoms in total. The van der Waals surface area contributed by atoms with Crippen molar-refractivity contribution in [3.8, 4) is 0 Å². The summed E-state index contributed by atoms with van der Waals surface area (Å²) in [5.41, 5.74) is 4.13. The van der Waals surface area contributed by atoms with Crippen molar-refractivity contribution in [2.75, 3.05) is 10.8 Å². The van der Waals surface area contributed by atoms with Crippen LogP contribution in [0.25, 0.3) is 0 Å². The molecule has 3 rings (SSSR count). The van der Waals surface area contributed by atoms with Gasteiger partial charge in [0.2, 0.25) is 5.91 Å². The molecule has 0 aliphatic heterocycles. The molecule has 0 aromatic heterocycles. The summed E-state index contributed by atoms with van der Waals surface area (Å²) in [5.74, 6) is -0.407. The van der Waals surface area contributed by atoms with Crippen LogP contribution < -0.4 is 9.62 Å². The number of sulfonamides is 1. The topological polar surface area (TPSA) is 66.5 Å². The molecule has 0 fully saturated rings. The van der Waals surface area contributed by atoms with Gasteiger partial charge < -0.3 is 5.32 Å². The van der Waals surface area contributed by atoms with Crippen LogP contribution >= 0.6 is 11.6 Å². The molecule has 7 heteroatoms. The van der Waals surface area contributed by atoms with Crippen LogP contribution in [-0.2, 0) is 21.4 Å². The van der Waals surface area contributed by atoms with Crippen molar-refractivity contribution in [1.29, 1.82) is 0 Å². The normalized spacial score (nSPS) is 11.2. The molecule has 31 heavy (non-hydrogen) atoms. The van der Waals surface area contributed by atoms with Crippen molar-refractivity contribution in [3.05, 3.63) is 94.0 Å². The van der Waals surface area contributed by atoms with Gasteiger partial charge in [0.25, 0.3) is 10.0 Å². The second-order valence-corrected chi connectivity index (χ2v) is 9.73. The highest BCUT2D eigenvalue weighted by Gasteiger charge is 2.27. The minimum atomic E-state index is -3.97. The number of rotatable bonds is 7. The van der Waals surface area contributed by atoms with Crippen molar-refractivity contribution in [3.63, 3.8) is 0 Å². The monoisotopic (exact) mass is 456 g/mol. The summed E-state index contributed by atoms with van der Waals surface area (Å²) in [7, 11) is -3.97. The van der Waals surface area contributed by atoms with Crippen LogP contribution in [0.4, 0.5) is 5.69 Å². The molecule has 162 valence electrons. The smallest absolute Gasteiger partial charge is 0.264 e. The number of halogens is 1. The van der Waals surface area contributed by atoms with Gasteiger partial charge in [0.1, 0.15) is 6.54 Å². The highest BCUT2D eigenvalue weighted by molar-refractivity contribution is 7.92. The maximum atomic E-state index is 13.4. The van der Waals surface area contributed by atoms with E-state index < -0.39 is 15.9 Å². The van der Waals surface area contributed by atoms with E-state index in [1.165, 1.54) is 0 Å². The maximum absolute atomic E-state index is 13.4. The number of benzene rings is 3. The van der Waals surface area contributed by atoms with Crippen LogP contribution in [0.2, 0.25) is 5.02 Å². The van der Waals surface area contributed by atoms with E-state index in [9.17, 15) is 13.2 Å². The Kier molecular flexibility index (Phi) is 7.03. The summed E-state index contributed by atoms with van der Waals surface area (Å²) in [5, 5.41) is 3.25. The van der Waals surface area contributed by atoms with Gasteiger partial charge in [-0.25, -0.2) is 8.42 Å². The lowest BCUT2D eigenvalue weighted by Gasteiger charge is -2.24. The van der Waals surface area contributed by atoms with E-state index in [0.29, 0.717) is 17.3 Å². The number of amides is 1. The third kappa shape index (κ3) is 5.46. The van der Waals surface area contributed by atoms with Gasteiger partial charge in [-0.3, -0.25) is 9.10 Å². The van der Waals surface area contributed by atoms with Gasteiger partial charge in [-0.2, -0.15) is 0 Å². The first-order valence-electron chi connectivity index (χ1n) is 9.85. The van der Waals surface area contributed by atoms with E-state index in [1.54, 1.807) is 42.5 Å². The second kappa shape index (κ2) is 9.54. The summed E-state index contributed by atoms with van der Waals surface area (Å²) in [6.45, 7) is 5.64. The Hall–Kier alpha value is -2.83. The number of nitrogens with zero attached hydrogens (tertiary/aromatic N) is 1. The van der Waals surface area contributed by atoms with Crippen molar-refractivity contribution >= 4 is 33.2 Å². The summed E-state index contributed by atoms with van der Waals surface area (Å²) >= 11 is 6.25. The van der Waals surface area contributed by atoms with E-state index in [0.717, 1.165) is 26.6 Å². The van der Waals surface area contributed by atoms with Crippen LogP contribution in [0.5, 0.6) is 0 Å². The Morgan fingerprint density at radius 2 is 1.61 bits per heavy atom. The number of hydrogen-bond donors (Lipinski definition) is 1. The second-order valence-electron chi connectivity index (χ2n) is 7.46. The van der Waals surface area contributed by atoms with Crippen LogP contribution in [0.15, 0.2) is 71.6 Å². The molecular formula is C24H25ClN2O3S. The van der Waals surface area contributed by atoms with Gasteiger partial charge in [0.15, 0.2) is 0 Å². The molecule has 1 amide bonds. The summed E-state index contributed by atoms with van der Waals surface area (Å²) in [6.07, 6.45) is 0. The van der Waals surface area contributed by atoms with Crippen molar-refractivity contribution in [2.24, 2.45) is 0 Å². The molecule has 0 aliphatic carbocycles. The minimum absolute atomic E-state index is 0.113. The van der Waals surface area contributed by atoms with E-state index in [4.69, 9.17) is 11.6 Å². The standard InChI is InChI=1S/C24H25ClN2O3S/c1-17-8-12-22(13-9-17)31(29,30)27(21-11-10-19(3)23(25)14-21)16-24(28)26-15-20-7-5-4-6-18(20)2/h4-14H,15-16H2,1-3H3,(H,26,28). The summed E-state index contributed by atoms with van der Waals surface area (Å²) < 4.78 is 27.9. The number of carbonyl (C=O) groups excluding carboxylic acids is 1. The molecule has 0 saturated carbocycles. The lowest BCUT2D eigenvalue weighted by Crippen LogP contribution is -2.40. The van der Waals surface area contributed by atoms with Gasteiger partial charge in [-0.1, -0.05) is 59.6 Å². The van der Waals surface area contributed by atoms with E-state index >= 15 is 0 Å². The molecule has 0 radical (unpaired) electrons. The zero-order chi connectivity index (χ0) is 22.6. The fourth-order valence-electron chi connectivity index (χ4n) is 3.08. The molecule has 1 N–H and O–H groups in total. The number of anilines is 1. The predicted octanol–water partition coefficient (Wildman–Crippen LogP) is 4.78. The molecule has 3 aromatic carbocycles. The highest BCUT2D eigenvalue weighted by atomic mass is 35.5. The molecule has 0 unspecified atom stereocenters. The summed E-state index contributed by atoms with van der Waals surface area (Å²) in [6, 6.07) is 19.2. The molecule has 0 saturated heterocycles. The number of aryl methyl sites for hydroxylation is 3. The van der Waals surface area contributed by atoms with Gasteiger partial charge in [-0.15, -0.1) is 0 Å². The largest absolute Gasteiger partial charge is 0.350 e. The lowest BCUT2D eigenvalue weighted by atomic mass is 10.1. The third-order valence-electron chi connectivity index (χ3n) is 5.08. The zero-order valence-electron chi connectivity index (χ0n) is 17.7. The Morgan fingerprint density at radius 3 is 2.26 bits per heavy atom. The van der Waals surface area contributed by atoms with E-state index in [-0.39, 0.29) is 11.4 Å². The zero-order valence-corrected chi connectivity index (χ0v) is 19.3. The van der Waals surface area contributed by atoms with Crippen LogP contribution in [0.3, 0.4) is 0 Å². The van der Waals surface area contributed by atoms with E-state index in [1.807, 2.05) is 45.0 Å². The highest BCUT2D eigenvalue weighted by Crippen LogP contribution is 2.28. The minimum Gasteiger partial charge on any atom is -0.350 e. The molecule has 0 heterocycles. The van der Waals surface area contributed by atoms with Crippen molar-refractivity contribution in [1.82, 2.24) is 5.32 Å². The van der Waals surface area contributed by atoms with Gasteiger partial charge in [-0.05, 0) is 61.7 Å². The average Bonchev–Trinajstić information content (AvgIpc) is 2.74. The molecule has 0 spiro atoms. The molecular weight excluding hydrogens is 432 g/mol. The fourth-order valence-corrected chi connectivity index (χ4v) is 4.67. The Bertz CT molecular complexity index is 1190. The van der Waals surface area contributed by atoms with Gasteiger partial charge >= 0.3 is 0 Å². The predicted molar refractivity (Wildman–Crippen MR) is 125 cm³/mol. The number of carbonyl (C=O) groups is 1. The van der Waals surface area contributed by atoms with Crippen LogP contribution in [0.1, 0.15) is 22.3 Å². The van der Waals surface area contributed by atoms with Crippen molar-refractivity contribution in [2.45, 2.75) is 32.2 Å². The number of nitrogens with one attached hydrogen (secondary N) is 1. The average molecular weight is 457 g/mol. The quantitative estimate of drug-likeness (QED) is 0.556. The Balaban J connectivity index is 1.90. The fraction of sp³-hybridized carbons (Fsp3) is 0.208. The molecule has 3 aromatic rings. The van der Waals surface area contributed by atoms with Crippen molar-refractivity contribution < 1.29 is 13.2 Å². The van der Waals surface area contributed by atoms with Gasteiger partial charge in [0.05, 0.1) is 10.6 Å². The molecule has 0 atom stereocenters. The van der Waals surface area contributed by atoms with Gasteiger partial charge in [0, 0.05) is 11.6 Å². The first-order chi connectivity index (χ1) is 14.7. The third-order valence-corrected chi connectivity index (χ3v) is 7.27. The molecule has 0 bridgehead atoms. The van der Waals surface area contributed by atoms with Crippen LogP contribution in [-0.4, -0.2) is 20.9 Å². The SMILES string of the molecule is Cc1ccc(S(=O)(=O)N(CC(=O)NCc2ccccc2C)c2ccc(C)c(Cl)c2)cc1. The molecule has 0 aliphatic rings. The Morgan fingerprint density at radius 1 is 0.935 bits per heavy atom. The lowest BCUT2D eigenvalue weighted by molar-refractivity contribution is -0.119. The first kappa shape index (κ1) is 22.8.